The van der Waals surface area contributed by atoms with Gasteiger partial charge in [-0.25, -0.2) is 0 Å². The fraction of sp³-hybridized carbons (Fsp3) is 0.571. The van der Waals surface area contributed by atoms with Gasteiger partial charge in [-0.05, 0) is 35.4 Å². The van der Waals surface area contributed by atoms with Crippen molar-refractivity contribution in [1.29, 1.82) is 0 Å². The highest BCUT2D eigenvalue weighted by Gasteiger charge is 2.16. The predicted octanol–water partition coefficient (Wildman–Crippen LogP) is 3.92. The zero-order valence-electron chi connectivity index (χ0n) is 10.7. The standard InChI is InChI=1S/C14H22ClN/c1-10-9-11(14(2,3)4)5-6-12(10)13(16)7-8-15/h5-6,9,13H,7-8,16H2,1-4H3. The van der Waals surface area contributed by atoms with Gasteiger partial charge in [0.05, 0.1) is 0 Å². The Morgan fingerprint density at radius 1 is 1.31 bits per heavy atom. The second-order valence-electron chi connectivity index (χ2n) is 5.41. The molecule has 0 fully saturated rings. The number of alkyl halides is 1. The SMILES string of the molecule is Cc1cc(C(C)(C)C)ccc1C(N)CCCl. The van der Waals surface area contributed by atoms with E-state index in [1.165, 1.54) is 16.7 Å². The smallest absolute Gasteiger partial charge is 0.0308 e. The quantitative estimate of drug-likeness (QED) is 0.795. The minimum atomic E-state index is 0.0616. The van der Waals surface area contributed by atoms with Crippen LogP contribution in [-0.2, 0) is 5.41 Å². The van der Waals surface area contributed by atoms with Crippen LogP contribution in [0.25, 0.3) is 0 Å². The van der Waals surface area contributed by atoms with Gasteiger partial charge in [0.15, 0.2) is 0 Å². The molecule has 0 radical (unpaired) electrons. The van der Waals surface area contributed by atoms with Crippen LogP contribution in [0.5, 0.6) is 0 Å². The Kier molecular flexibility index (Phi) is 4.40. The molecule has 1 nitrogen and oxygen atoms in total. The third-order valence-corrected chi connectivity index (χ3v) is 3.17. The van der Waals surface area contributed by atoms with Gasteiger partial charge in [-0.2, -0.15) is 0 Å². The highest BCUT2D eigenvalue weighted by molar-refractivity contribution is 6.17. The first-order valence-corrected chi connectivity index (χ1v) is 6.32. The number of hydrogen-bond donors (Lipinski definition) is 1. The lowest BCUT2D eigenvalue weighted by molar-refractivity contribution is 0.588. The maximum atomic E-state index is 6.08. The molecule has 1 rings (SSSR count). The Morgan fingerprint density at radius 3 is 2.38 bits per heavy atom. The van der Waals surface area contributed by atoms with Gasteiger partial charge in [-0.1, -0.05) is 39.0 Å². The number of aryl methyl sites for hydroxylation is 1. The van der Waals surface area contributed by atoms with Crippen molar-refractivity contribution in [2.45, 2.75) is 45.6 Å². The summed E-state index contributed by atoms with van der Waals surface area (Å²) in [6.45, 7) is 8.79. The summed E-state index contributed by atoms with van der Waals surface area (Å²) in [5, 5.41) is 0. The van der Waals surface area contributed by atoms with Crippen LogP contribution < -0.4 is 5.73 Å². The number of halogens is 1. The molecular weight excluding hydrogens is 218 g/mol. The first-order chi connectivity index (χ1) is 7.36. The van der Waals surface area contributed by atoms with Crippen LogP contribution in [0.3, 0.4) is 0 Å². The Labute approximate surface area is 104 Å². The van der Waals surface area contributed by atoms with E-state index in [-0.39, 0.29) is 11.5 Å². The summed E-state index contributed by atoms with van der Waals surface area (Å²) >= 11 is 5.72. The molecule has 0 saturated heterocycles. The van der Waals surface area contributed by atoms with Crippen molar-refractivity contribution >= 4 is 11.6 Å². The highest BCUT2D eigenvalue weighted by atomic mass is 35.5. The van der Waals surface area contributed by atoms with Gasteiger partial charge in [0.1, 0.15) is 0 Å². The van der Waals surface area contributed by atoms with Crippen molar-refractivity contribution in [1.82, 2.24) is 0 Å². The molecule has 1 atom stereocenters. The van der Waals surface area contributed by atoms with Crippen molar-refractivity contribution in [2.75, 3.05) is 5.88 Å². The molecule has 90 valence electrons. The second-order valence-corrected chi connectivity index (χ2v) is 5.78. The van der Waals surface area contributed by atoms with Gasteiger partial charge in [-0.3, -0.25) is 0 Å². The van der Waals surface area contributed by atoms with Gasteiger partial charge < -0.3 is 5.73 Å². The third-order valence-electron chi connectivity index (χ3n) is 2.96. The van der Waals surface area contributed by atoms with E-state index in [0.29, 0.717) is 5.88 Å². The minimum absolute atomic E-state index is 0.0616. The van der Waals surface area contributed by atoms with E-state index in [1.54, 1.807) is 0 Å². The van der Waals surface area contributed by atoms with Crippen molar-refractivity contribution < 1.29 is 0 Å². The van der Waals surface area contributed by atoms with Crippen molar-refractivity contribution in [2.24, 2.45) is 5.73 Å². The fourth-order valence-electron chi connectivity index (χ4n) is 1.83. The van der Waals surface area contributed by atoms with Crippen LogP contribution in [0.1, 0.15) is 49.9 Å². The van der Waals surface area contributed by atoms with Gasteiger partial charge in [0.2, 0.25) is 0 Å². The summed E-state index contributed by atoms with van der Waals surface area (Å²) in [7, 11) is 0. The molecule has 16 heavy (non-hydrogen) atoms. The first-order valence-electron chi connectivity index (χ1n) is 5.79. The average molecular weight is 240 g/mol. The van der Waals surface area contributed by atoms with E-state index >= 15 is 0 Å². The number of rotatable bonds is 3. The average Bonchev–Trinajstić information content (AvgIpc) is 2.16. The van der Waals surface area contributed by atoms with Crippen molar-refractivity contribution in [3.63, 3.8) is 0 Å². The molecule has 2 heteroatoms. The molecule has 0 amide bonds. The van der Waals surface area contributed by atoms with E-state index in [4.69, 9.17) is 17.3 Å². The summed E-state index contributed by atoms with van der Waals surface area (Å²) in [5.41, 5.74) is 10.1. The minimum Gasteiger partial charge on any atom is -0.324 e. The van der Waals surface area contributed by atoms with E-state index in [0.717, 1.165) is 6.42 Å². The fourth-order valence-corrected chi connectivity index (χ4v) is 2.07. The lowest BCUT2D eigenvalue weighted by Crippen LogP contribution is -2.15. The van der Waals surface area contributed by atoms with Crippen LogP contribution in [0.2, 0.25) is 0 Å². The summed E-state index contributed by atoms with van der Waals surface area (Å²) in [4.78, 5) is 0. The van der Waals surface area contributed by atoms with Gasteiger partial charge in [0.25, 0.3) is 0 Å². The maximum Gasteiger partial charge on any atom is 0.0308 e. The Morgan fingerprint density at radius 2 is 1.94 bits per heavy atom. The number of hydrogen-bond acceptors (Lipinski definition) is 1. The van der Waals surface area contributed by atoms with Gasteiger partial charge in [-0.15, -0.1) is 11.6 Å². The normalized spacial score (nSPS) is 13.9. The van der Waals surface area contributed by atoms with Crippen LogP contribution in [0.15, 0.2) is 18.2 Å². The highest BCUT2D eigenvalue weighted by Crippen LogP contribution is 2.27. The third kappa shape index (κ3) is 3.23. The number of benzene rings is 1. The largest absolute Gasteiger partial charge is 0.324 e. The molecule has 0 spiro atoms. The number of nitrogens with two attached hydrogens (primary N) is 1. The van der Waals surface area contributed by atoms with E-state index in [2.05, 4.69) is 45.9 Å². The molecule has 0 bridgehead atoms. The molecular formula is C14H22ClN. The summed E-state index contributed by atoms with van der Waals surface area (Å²) in [6.07, 6.45) is 0.831. The molecule has 1 aromatic rings. The Balaban J connectivity index is 3.00. The lowest BCUT2D eigenvalue weighted by Gasteiger charge is -2.22. The van der Waals surface area contributed by atoms with Crippen molar-refractivity contribution in [3.8, 4) is 0 Å². The lowest BCUT2D eigenvalue weighted by atomic mass is 9.84. The van der Waals surface area contributed by atoms with Gasteiger partial charge in [0, 0.05) is 11.9 Å². The molecule has 1 unspecified atom stereocenters. The van der Waals surface area contributed by atoms with Crippen LogP contribution >= 0.6 is 11.6 Å². The van der Waals surface area contributed by atoms with Crippen molar-refractivity contribution in [3.05, 3.63) is 34.9 Å². The summed E-state index contributed by atoms with van der Waals surface area (Å²) < 4.78 is 0. The summed E-state index contributed by atoms with van der Waals surface area (Å²) in [6, 6.07) is 6.62. The molecule has 0 aliphatic carbocycles. The predicted molar refractivity (Wildman–Crippen MR) is 72.1 cm³/mol. The topological polar surface area (TPSA) is 26.0 Å². The molecule has 1 aromatic carbocycles. The molecule has 0 saturated carbocycles. The Bertz CT molecular complexity index is 352. The molecule has 0 aliphatic rings. The Hall–Kier alpha value is -0.530. The maximum absolute atomic E-state index is 6.08. The zero-order chi connectivity index (χ0) is 12.3. The zero-order valence-corrected chi connectivity index (χ0v) is 11.4. The van der Waals surface area contributed by atoms with E-state index in [9.17, 15) is 0 Å². The van der Waals surface area contributed by atoms with E-state index < -0.39 is 0 Å². The second kappa shape index (κ2) is 5.20. The summed E-state index contributed by atoms with van der Waals surface area (Å²) in [5.74, 6) is 0.613. The van der Waals surface area contributed by atoms with Crippen LogP contribution in [0.4, 0.5) is 0 Å². The molecule has 0 aromatic heterocycles. The van der Waals surface area contributed by atoms with Crippen LogP contribution in [-0.4, -0.2) is 5.88 Å². The molecule has 2 N–H and O–H groups in total. The molecule has 0 aliphatic heterocycles. The van der Waals surface area contributed by atoms with E-state index in [1.807, 2.05) is 0 Å². The molecule has 0 heterocycles. The monoisotopic (exact) mass is 239 g/mol. The van der Waals surface area contributed by atoms with Gasteiger partial charge >= 0.3 is 0 Å². The van der Waals surface area contributed by atoms with Crippen LogP contribution in [0, 0.1) is 6.92 Å². The first kappa shape index (κ1) is 13.5.